The van der Waals surface area contributed by atoms with Crippen molar-refractivity contribution in [2.24, 2.45) is 0 Å². The molecule has 0 aliphatic carbocycles. The van der Waals surface area contributed by atoms with Gasteiger partial charge < -0.3 is 19.5 Å². The highest BCUT2D eigenvalue weighted by Crippen LogP contribution is 2.28. The Bertz CT molecular complexity index is 827. The first-order valence-electron chi connectivity index (χ1n) is 7.54. The van der Waals surface area contributed by atoms with E-state index in [2.05, 4.69) is 5.32 Å². The molecule has 1 atom stereocenters. The molecule has 0 heterocycles. The molecule has 8 heteroatoms. The number of halogens is 2. The summed E-state index contributed by atoms with van der Waals surface area (Å²) in [5, 5.41) is 2.95. The minimum Gasteiger partial charge on any atom is -0.497 e. The summed E-state index contributed by atoms with van der Waals surface area (Å²) >= 11 is 5.90. The van der Waals surface area contributed by atoms with Gasteiger partial charge in [-0.3, -0.25) is 4.79 Å². The number of esters is 1. The molecule has 2 aromatic rings. The van der Waals surface area contributed by atoms with Crippen molar-refractivity contribution >= 4 is 29.2 Å². The average Bonchev–Trinajstić information content (AvgIpc) is 2.61. The molecule has 0 saturated carbocycles. The van der Waals surface area contributed by atoms with E-state index in [1.54, 1.807) is 12.1 Å². The predicted octanol–water partition coefficient (Wildman–Crippen LogP) is 3.68. The van der Waals surface area contributed by atoms with Crippen LogP contribution in [0, 0.1) is 5.82 Å². The Morgan fingerprint density at radius 1 is 1.12 bits per heavy atom. The molecule has 0 spiro atoms. The molecular weight excluding hydrogens is 365 g/mol. The van der Waals surface area contributed by atoms with Crippen LogP contribution in [-0.2, 0) is 9.53 Å². The van der Waals surface area contributed by atoms with E-state index in [0.29, 0.717) is 16.5 Å². The Balaban J connectivity index is 2.07. The van der Waals surface area contributed by atoms with Crippen molar-refractivity contribution in [3.63, 3.8) is 0 Å². The second-order valence-electron chi connectivity index (χ2n) is 5.23. The van der Waals surface area contributed by atoms with E-state index in [9.17, 15) is 14.0 Å². The largest absolute Gasteiger partial charge is 0.497 e. The van der Waals surface area contributed by atoms with Gasteiger partial charge in [0.1, 0.15) is 17.3 Å². The SMILES string of the molecule is COc1ccc(C(=O)O[C@H](C)C(=O)Nc2cc(Cl)ccc2OC)c(F)c1. The van der Waals surface area contributed by atoms with E-state index in [1.165, 1.54) is 39.3 Å². The summed E-state index contributed by atoms with van der Waals surface area (Å²) in [6, 6.07) is 8.38. The van der Waals surface area contributed by atoms with Crippen LogP contribution in [0.2, 0.25) is 5.02 Å². The molecule has 0 unspecified atom stereocenters. The van der Waals surface area contributed by atoms with Crippen molar-refractivity contribution in [2.45, 2.75) is 13.0 Å². The fourth-order valence-electron chi connectivity index (χ4n) is 2.08. The van der Waals surface area contributed by atoms with Crippen molar-refractivity contribution in [2.75, 3.05) is 19.5 Å². The Morgan fingerprint density at radius 3 is 2.46 bits per heavy atom. The van der Waals surface area contributed by atoms with Crippen molar-refractivity contribution in [3.8, 4) is 11.5 Å². The minimum absolute atomic E-state index is 0.262. The minimum atomic E-state index is -1.17. The van der Waals surface area contributed by atoms with Crippen LogP contribution in [0.5, 0.6) is 11.5 Å². The molecule has 0 radical (unpaired) electrons. The van der Waals surface area contributed by atoms with Crippen molar-refractivity contribution in [1.82, 2.24) is 0 Å². The third kappa shape index (κ3) is 4.64. The van der Waals surface area contributed by atoms with E-state index < -0.39 is 23.8 Å². The number of carbonyl (C=O) groups is 2. The highest BCUT2D eigenvalue weighted by Gasteiger charge is 2.22. The molecule has 138 valence electrons. The topological polar surface area (TPSA) is 73.9 Å². The number of methoxy groups -OCH3 is 2. The van der Waals surface area contributed by atoms with E-state index in [1.807, 2.05) is 0 Å². The van der Waals surface area contributed by atoms with Gasteiger partial charge in [-0.25, -0.2) is 9.18 Å². The van der Waals surface area contributed by atoms with Crippen LogP contribution >= 0.6 is 11.6 Å². The summed E-state index contributed by atoms with van der Waals surface area (Å²) in [5.41, 5.74) is 0.0225. The van der Waals surface area contributed by atoms with Gasteiger partial charge in [-0.1, -0.05) is 11.6 Å². The first kappa shape index (κ1) is 19.5. The molecule has 0 aliphatic heterocycles. The fraction of sp³-hybridized carbons (Fsp3) is 0.222. The van der Waals surface area contributed by atoms with Gasteiger partial charge in [0.15, 0.2) is 6.10 Å². The second-order valence-corrected chi connectivity index (χ2v) is 5.66. The molecule has 2 rings (SSSR count). The maximum absolute atomic E-state index is 13.9. The van der Waals surface area contributed by atoms with Crippen molar-refractivity contribution < 1.29 is 28.2 Å². The number of hydrogen-bond acceptors (Lipinski definition) is 5. The first-order chi connectivity index (χ1) is 12.3. The number of carbonyl (C=O) groups excluding carboxylic acids is 2. The number of benzene rings is 2. The lowest BCUT2D eigenvalue weighted by Gasteiger charge is -2.15. The summed E-state index contributed by atoms with van der Waals surface area (Å²) < 4.78 is 28.9. The normalized spacial score (nSPS) is 11.4. The monoisotopic (exact) mass is 381 g/mol. The molecule has 0 aromatic heterocycles. The molecule has 0 saturated heterocycles. The standard InChI is InChI=1S/C18H17ClFNO5/c1-10(17(22)21-15-8-11(19)4-7-16(15)25-3)26-18(23)13-6-5-12(24-2)9-14(13)20/h4-10H,1-3H3,(H,21,22)/t10-/m1/s1. The molecule has 6 nitrogen and oxygen atoms in total. The van der Waals surface area contributed by atoms with Gasteiger partial charge in [-0.2, -0.15) is 0 Å². The summed E-state index contributed by atoms with van der Waals surface area (Å²) in [5.74, 6) is -1.74. The van der Waals surface area contributed by atoms with Crippen LogP contribution in [0.1, 0.15) is 17.3 Å². The lowest BCUT2D eigenvalue weighted by Crippen LogP contribution is -2.30. The summed E-state index contributed by atoms with van der Waals surface area (Å²) in [4.78, 5) is 24.3. The Morgan fingerprint density at radius 2 is 1.85 bits per heavy atom. The van der Waals surface area contributed by atoms with Gasteiger partial charge in [0.05, 0.1) is 25.5 Å². The third-order valence-corrected chi connectivity index (χ3v) is 3.70. The fourth-order valence-corrected chi connectivity index (χ4v) is 2.25. The molecular formula is C18H17ClFNO5. The van der Waals surface area contributed by atoms with Gasteiger partial charge in [0.25, 0.3) is 5.91 Å². The third-order valence-electron chi connectivity index (χ3n) is 3.47. The number of anilines is 1. The number of hydrogen-bond donors (Lipinski definition) is 1. The van der Waals surface area contributed by atoms with Crippen LogP contribution in [0.4, 0.5) is 10.1 Å². The highest BCUT2D eigenvalue weighted by molar-refractivity contribution is 6.31. The van der Waals surface area contributed by atoms with Gasteiger partial charge in [-0.05, 0) is 37.3 Å². The highest BCUT2D eigenvalue weighted by atomic mass is 35.5. The Hall–Kier alpha value is -2.80. The van der Waals surface area contributed by atoms with Crippen molar-refractivity contribution in [3.05, 3.63) is 52.8 Å². The van der Waals surface area contributed by atoms with Crippen molar-refractivity contribution in [1.29, 1.82) is 0 Å². The van der Waals surface area contributed by atoms with E-state index in [-0.39, 0.29) is 11.3 Å². The maximum atomic E-state index is 13.9. The zero-order valence-corrected chi connectivity index (χ0v) is 15.1. The smallest absolute Gasteiger partial charge is 0.341 e. The van der Waals surface area contributed by atoms with E-state index in [4.69, 9.17) is 25.8 Å². The summed E-state index contributed by atoms with van der Waals surface area (Å²) in [6.45, 7) is 1.37. The van der Waals surface area contributed by atoms with Gasteiger partial charge >= 0.3 is 5.97 Å². The Labute approximate surface area is 154 Å². The first-order valence-corrected chi connectivity index (χ1v) is 7.92. The lowest BCUT2D eigenvalue weighted by molar-refractivity contribution is -0.123. The molecule has 0 fully saturated rings. The lowest BCUT2D eigenvalue weighted by atomic mass is 10.2. The number of amides is 1. The number of nitrogens with one attached hydrogen (secondary N) is 1. The van der Waals surface area contributed by atoms with Crippen LogP contribution < -0.4 is 14.8 Å². The number of ether oxygens (including phenoxy) is 3. The molecule has 1 amide bonds. The summed E-state index contributed by atoms with van der Waals surface area (Å²) in [6.07, 6.45) is -1.17. The van der Waals surface area contributed by atoms with Crippen LogP contribution in [0.25, 0.3) is 0 Å². The van der Waals surface area contributed by atoms with Gasteiger partial charge in [-0.15, -0.1) is 0 Å². The van der Waals surface area contributed by atoms with Gasteiger partial charge in [0.2, 0.25) is 0 Å². The van der Waals surface area contributed by atoms with Gasteiger partial charge in [0, 0.05) is 11.1 Å². The predicted molar refractivity (Wildman–Crippen MR) is 94.5 cm³/mol. The molecule has 0 bridgehead atoms. The van der Waals surface area contributed by atoms with E-state index >= 15 is 0 Å². The van der Waals surface area contributed by atoms with Crippen LogP contribution in [0.3, 0.4) is 0 Å². The zero-order chi connectivity index (χ0) is 19.3. The molecule has 2 aromatic carbocycles. The van der Waals surface area contributed by atoms with Crippen LogP contribution in [0.15, 0.2) is 36.4 Å². The second kappa shape index (κ2) is 8.53. The van der Waals surface area contributed by atoms with E-state index in [0.717, 1.165) is 6.07 Å². The average molecular weight is 382 g/mol. The zero-order valence-electron chi connectivity index (χ0n) is 14.3. The Kier molecular flexibility index (Phi) is 6.41. The quantitative estimate of drug-likeness (QED) is 0.773. The summed E-state index contributed by atoms with van der Waals surface area (Å²) in [7, 11) is 2.82. The van der Waals surface area contributed by atoms with Crippen LogP contribution in [-0.4, -0.2) is 32.2 Å². The number of rotatable bonds is 6. The molecule has 0 aliphatic rings. The molecule has 26 heavy (non-hydrogen) atoms. The maximum Gasteiger partial charge on any atom is 0.341 e. The molecule has 1 N–H and O–H groups in total.